The Morgan fingerprint density at radius 1 is 1.27 bits per heavy atom. The number of pyridine rings is 1. The molecular formula is C17H24N4O. The quantitative estimate of drug-likeness (QED) is 0.920. The number of nitrogens with zero attached hydrogens (tertiary/aromatic N) is 4. The Morgan fingerprint density at radius 3 is 2.77 bits per heavy atom. The molecule has 0 bridgehead atoms. The van der Waals surface area contributed by atoms with E-state index in [1.807, 2.05) is 29.3 Å². The van der Waals surface area contributed by atoms with Crippen molar-refractivity contribution in [1.29, 1.82) is 0 Å². The molecule has 118 valence electrons. The van der Waals surface area contributed by atoms with E-state index < -0.39 is 0 Å². The van der Waals surface area contributed by atoms with Crippen LogP contribution in [-0.4, -0.2) is 44.5 Å². The minimum absolute atomic E-state index is 0.144. The summed E-state index contributed by atoms with van der Waals surface area (Å²) in [5.74, 6) is 0.548. The standard InChI is InChI=1S/C17H24N4O/c1-14(16-3-2-7-18-13-16)20-9-5-15(6-10-20)17-4-8-19-21(17)11-12-22/h2-4,7-8,13-15,22H,5-6,9-12H2,1H3. The van der Waals surface area contributed by atoms with Gasteiger partial charge in [0, 0.05) is 36.2 Å². The van der Waals surface area contributed by atoms with Gasteiger partial charge in [0.2, 0.25) is 0 Å². The number of aliphatic hydroxyl groups is 1. The summed E-state index contributed by atoms with van der Waals surface area (Å²) >= 11 is 0. The van der Waals surface area contributed by atoms with Crippen LogP contribution in [0.5, 0.6) is 0 Å². The van der Waals surface area contributed by atoms with Crippen LogP contribution in [0.4, 0.5) is 0 Å². The summed E-state index contributed by atoms with van der Waals surface area (Å²) in [6, 6.07) is 6.67. The number of aromatic nitrogens is 3. The average Bonchev–Trinajstić information content (AvgIpc) is 3.04. The van der Waals surface area contributed by atoms with Gasteiger partial charge < -0.3 is 5.11 Å². The summed E-state index contributed by atoms with van der Waals surface area (Å²) in [7, 11) is 0. The van der Waals surface area contributed by atoms with E-state index in [1.165, 1.54) is 11.3 Å². The predicted molar refractivity (Wildman–Crippen MR) is 85.5 cm³/mol. The summed E-state index contributed by atoms with van der Waals surface area (Å²) in [4.78, 5) is 6.75. The average molecular weight is 300 g/mol. The van der Waals surface area contributed by atoms with E-state index >= 15 is 0 Å². The smallest absolute Gasteiger partial charge is 0.0644 e. The molecule has 0 aromatic carbocycles. The third-order valence-corrected chi connectivity index (χ3v) is 4.72. The third-order valence-electron chi connectivity index (χ3n) is 4.72. The highest BCUT2D eigenvalue weighted by atomic mass is 16.3. The zero-order chi connectivity index (χ0) is 15.4. The largest absolute Gasteiger partial charge is 0.394 e. The van der Waals surface area contributed by atoms with Crippen molar-refractivity contribution in [1.82, 2.24) is 19.7 Å². The summed E-state index contributed by atoms with van der Waals surface area (Å²) in [5.41, 5.74) is 2.55. The van der Waals surface area contributed by atoms with Gasteiger partial charge >= 0.3 is 0 Å². The fourth-order valence-corrected chi connectivity index (χ4v) is 3.39. The summed E-state index contributed by atoms with van der Waals surface area (Å²) in [5, 5.41) is 13.4. The van der Waals surface area contributed by atoms with E-state index in [2.05, 4.69) is 34.0 Å². The van der Waals surface area contributed by atoms with Gasteiger partial charge in [-0.25, -0.2) is 0 Å². The number of hydrogen-bond acceptors (Lipinski definition) is 4. The van der Waals surface area contributed by atoms with Crippen LogP contribution in [0.2, 0.25) is 0 Å². The maximum Gasteiger partial charge on any atom is 0.0644 e. The molecule has 3 rings (SSSR count). The van der Waals surface area contributed by atoms with Gasteiger partial charge in [-0.1, -0.05) is 6.07 Å². The van der Waals surface area contributed by atoms with Crippen LogP contribution in [0, 0.1) is 0 Å². The lowest BCUT2D eigenvalue weighted by Gasteiger charge is -2.36. The van der Waals surface area contributed by atoms with Gasteiger partial charge in [0.15, 0.2) is 0 Å². The molecule has 1 N–H and O–H groups in total. The van der Waals surface area contributed by atoms with Crippen molar-refractivity contribution in [2.24, 2.45) is 0 Å². The molecule has 0 aliphatic carbocycles. The first-order valence-electron chi connectivity index (χ1n) is 8.06. The molecule has 5 heteroatoms. The Bertz CT molecular complexity index is 575. The minimum Gasteiger partial charge on any atom is -0.394 e. The van der Waals surface area contributed by atoms with E-state index in [0.29, 0.717) is 18.5 Å². The zero-order valence-electron chi connectivity index (χ0n) is 13.1. The van der Waals surface area contributed by atoms with Gasteiger partial charge in [0.1, 0.15) is 0 Å². The van der Waals surface area contributed by atoms with Crippen LogP contribution < -0.4 is 0 Å². The fraction of sp³-hybridized carbons (Fsp3) is 0.529. The first-order chi connectivity index (χ1) is 10.8. The van der Waals surface area contributed by atoms with E-state index in [1.54, 1.807) is 0 Å². The van der Waals surface area contributed by atoms with Crippen molar-refractivity contribution in [3.8, 4) is 0 Å². The van der Waals surface area contributed by atoms with Gasteiger partial charge in [-0.05, 0) is 50.6 Å². The molecule has 0 radical (unpaired) electrons. The highest BCUT2D eigenvalue weighted by Crippen LogP contribution is 2.31. The molecule has 22 heavy (non-hydrogen) atoms. The minimum atomic E-state index is 0.144. The molecular weight excluding hydrogens is 276 g/mol. The Labute approximate surface area is 131 Å². The van der Waals surface area contributed by atoms with Crippen molar-refractivity contribution >= 4 is 0 Å². The van der Waals surface area contributed by atoms with Crippen molar-refractivity contribution in [3.05, 3.63) is 48.0 Å². The Morgan fingerprint density at radius 2 is 2.09 bits per heavy atom. The number of rotatable bonds is 5. The molecule has 0 amide bonds. The van der Waals surface area contributed by atoms with Crippen LogP contribution in [0.1, 0.15) is 43.0 Å². The number of piperidine rings is 1. The Hall–Kier alpha value is -1.72. The molecule has 0 spiro atoms. The molecule has 1 saturated heterocycles. The fourth-order valence-electron chi connectivity index (χ4n) is 3.39. The van der Waals surface area contributed by atoms with Crippen molar-refractivity contribution in [3.63, 3.8) is 0 Å². The summed E-state index contributed by atoms with van der Waals surface area (Å²) < 4.78 is 1.95. The van der Waals surface area contributed by atoms with Gasteiger partial charge in [-0.3, -0.25) is 14.6 Å². The van der Waals surface area contributed by atoms with Crippen LogP contribution in [0.3, 0.4) is 0 Å². The predicted octanol–water partition coefficient (Wildman–Crippen LogP) is 2.21. The van der Waals surface area contributed by atoms with Crippen molar-refractivity contribution in [2.45, 2.75) is 38.3 Å². The second kappa shape index (κ2) is 7.03. The van der Waals surface area contributed by atoms with E-state index in [-0.39, 0.29) is 6.61 Å². The normalized spacial score (nSPS) is 18.5. The van der Waals surface area contributed by atoms with Gasteiger partial charge in [0.05, 0.1) is 13.2 Å². The lowest BCUT2D eigenvalue weighted by Crippen LogP contribution is -2.35. The van der Waals surface area contributed by atoms with Crippen LogP contribution in [0.25, 0.3) is 0 Å². The molecule has 5 nitrogen and oxygen atoms in total. The van der Waals surface area contributed by atoms with Crippen molar-refractivity contribution < 1.29 is 5.11 Å². The molecule has 1 unspecified atom stereocenters. The third kappa shape index (κ3) is 3.20. The maximum atomic E-state index is 9.13. The summed E-state index contributed by atoms with van der Waals surface area (Å²) in [6.45, 7) is 5.17. The van der Waals surface area contributed by atoms with Gasteiger partial charge in [-0.15, -0.1) is 0 Å². The second-order valence-corrected chi connectivity index (χ2v) is 5.98. The molecule has 1 aliphatic rings. The molecule has 2 aromatic rings. The number of aliphatic hydroxyl groups excluding tert-OH is 1. The second-order valence-electron chi connectivity index (χ2n) is 5.98. The van der Waals surface area contributed by atoms with Gasteiger partial charge in [-0.2, -0.15) is 5.10 Å². The van der Waals surface area contributed by atoms with E-state index in [0.717, 1.165) is 25.9 Å². The van der Waals surface area contributed by atoms with Crippen LogP contribution in [0.15, 0.2) is 36.8 Å². The molecule has 1 fully saturated rings. The topological polar surface area (TPSA) is 54.2 Å². The molecule has 0 saturated carbocycles. The van der Waals surface area contributed by atoms with Crippen LogP contribution in [-0.2, 0) is 6.54 Å². The molecule has 2 aromatic heterocycles. The first-order valence-corrected chi connectivity index (χ1v) is 8.06. The monoisotopic (exact) mass is 300 g/mol. The van der Waals surface area contributed by atoms with Crippen LogP contribution >= 0.6 is 0 Å². The SMILES string of the molecule is CC(c1cccnc1)N1CCC(c2ccnn2CCO)CC1. The molecule has 3 heterocycles. The van der Waals surface area contributed by atoms with E-state index in [9.17, 15) is 0 Å². The number of hydrogen-bond donors (Lipinski definition) is 1. The molecule has 1 aliphatic heterocycles. The lowest BCUT2D eigenvalue weighted by molar-refractivity contribution is 0.159. The van der Waals surface area contributed by atoms with E-state index in [4.69, 9.17) is 5.11 Å². The number of likely N-dealkylation sites (tertiary alicyclic amines) is 1. The zero-order valence-corrected chi connectivity index (χ0v) is 13.1. The first kappa shape index (κ1) is 15.2. The lowest BCUT2D eigenvalue weighted by atomic mass is 9.92. The maximum absolute atomic E-state index is 9.13. The van der Waals surface area contributed by atoms with Crippen molar-refractivity contribution in [2.75, 3.05) is 19.7 Å². The Kier molecular flexibility index (Phi) is 4.85. The molecule has 1 atom stereocenters. The Balaban J connectivity index is 1.61. The van der Waals surface area contributed by atoms with Gasteiger partial charge in [0.25, 0.3) is 0 Å². The highest BCUT2D eigenvalue weighted by molar-refractivity contribution is 5.14. The summed E-state index contributed by atoms with van der Waals surface area (Å²) in [6.07, 6.45) is 7.91. The highest BCUT2D eigenvalue weighted by Gasteiger charge is 2.26.